The second kappa shape index (κ2) is 6.04. The Labute approximate surface area is 136 Å². The standard InChI is InChI=1S/C14H10ClN3O2S2/c15-11-6-8-12(9-7-11)22(19,20)18-14-16-13(17-21-14)10-4-2-1-3-5-10/h1-9H,(H,16,17,18). The topological polar surface area (TPSA) is 72.0 Å². The molecule has 1 heterocycles. The Morgan fingerprint density at radius 1 is 1.00 bits per heavy atom. The summed E-state index contributed by atoms with van der Waals surface area (Å²) in [4.78, 5) is 4.32. The highest BCUT2D eigenvalue weighted by molar-refractivity contribution is 7.93. The lowest BCUT2D eigenvalue weighted by atomic mass is 10.2. The van der Waals surface area contributed by atoms with E-state index in [1.54, 1.807) is 0 Å². The highest BCUT2D eigenvalue weighted by Gasteiger charge is 2.17. The fraction of sp³-hybridized carbons (Fsp3) is 0. The average Bonchev–Trinajstić information content (AvgIpc) is 2.96. The number of hydrogen-bond donors (Lipinski definition) is 1. The molecule has 1 aromatic heterocycles. The van der Waals surface area contributed by atoms with Gasteiger partial charge in [0, 0.05) is 22.1 Å². The Morgan fingerprint density at radius 2 is 1.68 bits per heavy atom. The Balaban J connectivity index is 1.84. The van der Waals surface area contributed by atoms with Crippen molar-refractivity contribution in [2.75, 3.05) is 4.72 Å². The highest BCUT2D eigenvalue weighted by Crippen LogP contribution is 2.23. The summed E-state index contributed by atoms with van der Waals surface area (Å²) in [6.07, 6.45) is 0. The summed E-state index contributed by atoms with van der Waals surface area (Å²) in [5.74, 6) is 0.486. The minimum atomic E-state index is -3.70. The number of aromatic nitrogens is 2. The number of benzene rings is 2. The number of anilines is 1. The van der Waals surface area contributed by atoms with E-state index in [1.807, 2.05) is 30.3 Å². The average molecular weight is 352 g/mol. The largest absolute Gasteiger partial charge is 0.263 e. The van der Waals surface area contributed by atoms with E-state index >= 15 is 0 Å². The molecule has 0 aliphatic carbocycles. The Hall–Kier alpha value is -1.96. The molecule has 0 saturated carbocycles. The molecular formula is C14H10ClN3O2S2. The Morgan fingerprint density at radius 3 is 2.36 bits per heavy atom. The molecule has 0 unspecified atom stereocenters. The van der Waals surface area contributed by atoms with Crippen LogP contribution in [0.5, 0.6) is 0 Å². The predicted octanol–water partition coefficient (Wildman–Crippen LogP) is 3.66. The molecule has 8 heteroatoms. The van der Waals surface area contributed by atoms with Gasteiger partial charge >= 0.3 is 0 Å². The fourth-order valence-electron chi connectivity index (χ4n) is 1.76. The minimum absolute atomic E-state index is 0.119. The molecule has 0 aliphatic rings. The van der Waals surface area contributed by atoms with Crippen molar-refractivity contribution in [3.05, 3.63) is 59.6 Å². The quantitative estimate of drug-likeness (QED) is 0.778. The van der Waals surface area contributed by atoms with Crippen LogP contribution < -0.4 is 4.72 Å². The summed E-state index contributed by atoms with van der Waals surface area (Å²) >= 11 is 6.75. The van der Waals surface area contributed by atoms with Crippen LogP contribution in [0, 0.1) is 0 Å². The molecule has 0 spiro atoms. The maximum Gasteiger partial charge on any atom is 0.263 e. The molecule has 0 fully saturated rings. The van der Waals surface area contributed by atoms with Crippen LogP contribution in [0.15, 0.2) is 59.5 Å². The molecule has 0 saturated heterocycles. The van der Waals surface area contributed by atoms with E-state index in [9.17, 15) is 8.42 Å². The molecule has 1 N–H and O–H groups in total. The summed E-state index contributed by atoms with van der Waals surface area (Å²) < 4.78 is 31.1. The number of halogens is 1. The van der Waals surface area contributed by atoms with Crippen LogP contribution in [0.2, 0.25) is 5.02 Å². The zero-order valence-electron chi connectivity index (χ0n) is 11.1. The van der Waals surface area contributed by atoms with Gasteiger partial charge in [-0.25, -0.2) is 8.42 Å². The second-order valence-electron chi connectivity index (χ2n) is 4.35. The highest BCUT2D eigenvalue weighted by atomic mass is 35.5. The summed E-state index contributed by atoms with van der Waals surface area (Å²) in [5.41, 5.74) is 0.829. The van der Waals surface area contributed by atoms with Gasteiger partial charge in [0.2, 0.25) is 5.13 Å². The molecule has 3 aromatic rings. The normalized spacial score (nSPS) is 11.3. The van der Waals surface area contributed by atoms with E-state index < -0.39 is 10.0 Å². The molecule has 5 nitrogen and oxygen atoms in total. The van der Waals surface area contributed by atoms with Crippen molar-refractivity contribution in [3.8, 4) is 11.4 Å². The van der Waals surface area contributed by atoms with Crippen molar-refractivity contribution >= 4 is 38.3 Å². The van der Waals surface area contributed by atoms with Crippen molar-refractivity contribution in [1.82, 2.24) is 9.36 Å². The van der Waals surface area contributed by atoms with Crippen molar-refractivity contribution in [2.45, 2.75) is 4.90 Å². The first-order valence-electron chi connectivity index (χ1n) is 6.22. The van der Waals surface area contributed by atoms with Gasteiger partial charge in [-0.05, 0) is 24.3 Å². The molecule has 0 bridgehead atoms. The number of rotatable bonds is 4. The lowest BCUT2D eigenvalue weighted by Crippen LogP contribution is -2.12. The second-order valence-corrected chi connectivity index (χ2v) is 7.22. The first-order chi connectivity index (χ1) is 10.5. The predicted molar refractivity (Wildman–Crippen MR) is 87.6 cm³/mol. The van der Waals surface area contributed by atoms with Gasteiger partial charge in [-0.2, -0.15) is 9.36 Å². The van der Waals surface area contributed by atoms with Crippen molar-refractivity contribution in [1.29, 1.82) is 0 Å². The van der Waals surface area contributed by atoms with Crippen LogP contribution in [0.4, 0.5) is 5.13 Å². The van der Waals surface area contributed by atoms with E-state index in [-0.39, 0.29) is 10.0 Å². The summed E-state index contributed by atoms with van der Waals surface area (Å²) in [6, 6.07) is 15.3. The SMILES string of the molecule is O=S(=O)(Nc1nc(-c2ccccc2)ns1)c1ccc(Cl)cc1. The first kappa shape index (κ1) is 15.0. The zero-order valence-corrected chi connectivity index (χ0v) is 13.5. The van der Waals surface area contributed by atoms with Crippen molar-refractivity contribution < 1.29 is 8.42 Å². The van der Waals surface area contributed by atoms with Crippen LogP contribution in [0.3, 0.4) is 0 Å². The fourth-order valence-corrected chi connectivity index (χ4v) is 3.70. The monoisotopic (exact) mass is 351 g/mol. The lowest BCUT2D eigenvalue weighted by Gasteiger charge is -2.04. The van der Waals surface area contributed by atoms with Crippen LogP contribution in [0.1, 0.15) is 0 Å². The smallest absolute Gasteiger partial charge is 0.253 e. The molecule has 0 aliphatic heterocycles. The van der Waals surface area contributed by atoms with E-state index in [1.165, 1.54) is 24.3 Å². The van der Waals surface area contributed by atoms with Crippen molar-refractivity contribution in [3.63, 3.8) is 0 Å². The van der Waals surface area contributed by atoms with Gasteiger partial charge in [-0.1, -0.05) is 41.9 Å². The van der Waals surface area contributed by atoms with Crippen LogP contribution in [-0.4, -0.2) is 17.8 Å². The Bertz CT molecular complexity index is 878. The summed E-state index contributed by atoms with van der Waals surface area (Å²) in [6.45, 7) is 0. The molecule has 0 radical (unpaired) electrons. The van der Waals surface area contributed by atoms with Crippen LogP contribution in [-0.2, 0) is 10.0 Å². The number of nitrogens with zero attached hydrogens (tertiary/aromatic N) is 2. The van der Waals surface area contributed by atoms with Crippen LogP contribution in [0.25, 0.3) is 11.4 Å². The number of nitrogens with one attached hydrogen (secondary N) is 1. The van der Waals surface area contributed by atoms with Crippen LogP contribution >= 0.6 is 23.1 Å². The van der Waals surface area contributed by atoms with Gasteiger partial charge in [0.05, 0.1) is 4.90 Å². The van der Waals surface area contributed by atoms with Crippen molar-refractivity contribution in [2.24, 2.45) is 0 Å². The Kier molecular flexibility index (Phi) is 4.10. The zero-order chi connectivity index (χ0) is 15.6. The molecule has 0 amide bonds. The first-order valence-corrected chi connectivity index (χ1v) is 8.85. The third-order valence-electron chi connectivity index (χ3n) is 2.80. The number of hydrogen-bond acceptors (Lipinski definition) is 5. The van der Waals surface area contributed by atoms with Gasteiger partial charge < -0.3 is 0 Å². The van der Waals surface area contributed by atoms with E-state index in [2.05, 4.69) is 14.1 Å². The maximum absolute atomic E-state index is 12.2. The third-order valence-corrected chi connectivity index (χ3v) is 5.17. The van der Waals surface area contributed by atoms with Gasteiger partial charge in [0.15, 0.2) is 5.82 Å². The number of sulfonamides is 1. The molecule has 2 aromatic carbocycles. The molecule has 112 valence electrons. The van der Waals surface area contributed by atoms with E-state index in [0.29, 0.717) is 10.8 Å². The summed E-state index contributed by atoms with van der Waals surface area (Å²) in [7, 11) is -3.70. The lowest BCUT2D eigenvalue weighted by molar-refractivity contribution is 0.601. The summed E-state index contributed by atoms with van der Waals surface area (Å²) in [5, 5.41) is 0.690. The van der Waals surface area contributed by atoms with Gasteiger partial charge in [0.25, 0.3) is 10.0 Å². The molecule has 3 rings (SSSR count). The third kappa shape index (κ3) is 3.27. The molecule has 0 atom stereocenters. The van der Waals surface area contributed by atoms with E-state index in [4.69, 9.17) is 11.6 Å². The maximum atomic E-state index is 12.2. The van der Waals surface area contributed by atoms with E-state index in [0.717, 1.165) is 17.1 Å². The molecular weight excluding hydrogens is 342 g/mol. The van der Waals surface area contributed by atoms with Gasteiger partial charge in [0.1, 0.15) is 0 Å². The van der Waals surface area contributed by atoms with Gasteiger partial charge in [-0.15, -0.1) is 0 Å². The van der Waals surface area contributed by atoms with Gasteiger partial charge in [-0.3, -0.25) is 4.72 Å². The molecule has 22 heavy (non-hydrogen) atoms. The minimum Gasteiger partial charge on any atom is -0.253 e.